The number of carboxylic acids is 1. The summed E-state index contributed by atoms with van der Waals surface area (Å²) in [6, 6.07) is 8.22. The Morgan fingerprint density at radius 2 is 1.81 bits per heavy atom. The molecule has 2 rings (SSSR count). The van der Waals surface area contributed by atoms with Crippen molar-refractivity contribution < 1.29 is 27.8 Å². The van der Waals surface area contributed by atoms with Crippen molar-refractivity contribution in [1.82, 2.24) is 0 Å². The van der Waals surface area contributed by atoms with E-state index in [1.165, 1.54) is 44.6 Å². The van der Waals surface area contributed by atoms with Crippen molar-refractivity contribution in [3.05, 3.63) is 46.4 Å². The lowest BCUT2D eigenvalue weighted by atomic mass is 10.2. The van der Waals surface area contributed by atoms with E-state index < -0.39 is 22.5 Å². The second-order valence-electron chi connectivity index (χ2n) is 5.02. The first kappa shape index (κ1) is 20.2. The largest absolute Gasteiger partial charge is 0.497 e. The van der Waals surface area contributed by atoms with Gasteiger partial charge in [-0.2, -0.15) is 0 Å². The van der Waals surface area contributed by atoms with Gasteiger partial charge in [0.25, 0.3) is 10.0 Å². The highest BCUT2D eigenvalue weighted by atomic mass is 35.5. The molecular formula is C16H15Cl2NO6S. The molecule has 0 aliphatic rings. The lowest BCUT2D eigenvalue weighted by molar-refractivity contribution is -0.135. The summed E-state index contributed by atoms with van der Waals surface area (Å²) in [5.74, 6) is -0.823. The molecule has 0 saturated carbocycles. The predicted octanol–water partition coefficient (Wildman–Crippen LogP) is 3.29. The van der Waals surface area contributed by atoms with Crippen molar-refractivity contribution in [2.24, 2.45) is 0 Å². The van der Waals surface area contributed by atoms with Crippen LogP contribution < -0.4 is 13.8 Å². The van der Waals surface area contributed by atoms with Crippen LogP contribution in [0.25, 0.3) is 0 Å². The Morgan fingerprint density at radius 1 is 1.12 bits per heavy atom. The third kappa shape index (κ3) is 4.14. The van der Waals surface area contributed by atoms with Gasteiger partial charge in [0.2, 0.25) is 0 Å². The fourth-order valence-electron chi connectivity index (χ4n) is 2.21. The van der Waals surface area contributed by atoms with Crippen LogP contribution in [0.4, 0.5) is 5.69 Å². The molecule has 2 aromatic rings. The third-order valence-corrected chi connectivity index (χ3v) is 5.87. The summed E-state index contributed by atoms with van der Waals surface area (Å²) in [5.41, 5.74) is 0.0201. The fraction of sp³-hybridized carbons (Fsp3) is 0.188. The van der Waals surface area contributed by atoms with Gasteiger partial charge in [-0.05, 0) is 30.3 Å². The van der Waals surface area contributed by atoms with Gasteiger partial charge < -0.3 is 14.6 Å². The van der Waals surface area contributed by atoms with E-state index in [2.05, 4.69) is 0 Å². The average molecular weight is 420 g/mol. The summed E-state index contributed by atoms with van der Waals surface area (Å²) in [4.78, 5) is 11.0. The van der Waals surface area contributed by atoms with Crippen molar-refractivity contribution >= 4 is 44.9 Å². The highest BCUT2D eigenvalue weighted by Gasteiger charge is 2.31. The summed E-state index contributed by atoms with van der Waals surface area (Å²) < 4.78 is 37.2. The summed E-state index contributed by atoms with van der Waals surface area (Å²) >= 11 is 11.9. The predicted molar refractivity (Wildman–Crippen MR) is 98.2 cm³/mol. The van der Waals surface area contributed by atoms with Crippen LogP contribution in [0.2, 0.25) is 10.0 Å². The van der Waals surface area contributed by atoms with Crippen molar-refractivity contribution in [3.63, 3.8) is 0 Å². The van der Waals surface area contributed by atoms with E-state index in [0.29, 0.717) is 10.1 Å². The molecule has 10 heteroatoms. The Bertz CT molecular complexity index is 932. The molecule has 1 N–H and O–H groups in total. The number of benzene rings is 2. The lowest BCUT2D eigenvalue weighted by Crippen LogP contribution is -2.36. The second-order valence-corrected chi connectivity index (χ2v) is 7.69. The van der Waals surface area contributed by atoms with Crippen LogP contribution in [0, 0.1) is 0 Å². The second kappa shape index (κ2) is 8.03. The first-order valence-electron chi connectivity index (χ1n) is 7.12. The number of carbonyl (C=O) groups is 1. The van der Waals surface area contributed by atoms with Crippen molar-refractivity contribution in [1.29, 1.82) is 0 Å². The SMILES string of the molecule is COc1ccc(N(CC(=O)O)S(=O)(=O)c2cc(Cl)ccc2Cl)c(OC)c1. The van der Waals surface area contributed by atoms with Crippen LogP contribution in [0.5, 0.6) is 11.5 Å². The van der Waals surface area contributed by atoms with E-state index in [1.54, 1.807) is 0 Å². The summed E-state index contributed by atoms with van der Waals surface area (Å²) in [7, 11) is -1.57. The first-order valence-corrected chi connectivity index (χ1v) is 9.32. The van der Waals surface area contributed by atoms with Crippen molar-refractivity contribution in [2.75, 3.05) is 25.1 Å². The molecule has 26 heavy (non-hydrogen) atoms. The number of halogens is 2. The summed E-state index contributed by atoms with van der Waals surface area (Å²) in [6.45, 7) is -0.839. The van der Waals surface area contributed by atoms with Crippen LogP contribution in [0.1, 0.15) is 0 Å². The van der Waals surface area contributed by atoms with Gasteiger partial charge in [-0.25, -0.2) is 8.42 Å². The minimum Gasteiger partial charge on any atom is -0.497 e. The van der Waals surface area contributed by atoms with E-state index in [9.17, 15) is 18.3 Å². The molecule has 0 spiro atoms. The van der Waals surface area contributed by atoms with Gasteiger partial charge in [0, 0.05) is 11.1 Å². The molecule has 0 aromatic heterocycles. The van der Waals surface area contributed by atoms with Gasteiger partial charge >= 0.3 is 5.97 Å². The maximum atomic E-state index is 13.1. The van der Waals surface area contributed by atoms with Crippen molar-refractivity contribution in [2.45, 2.75) is 4.90 Å². The summed E-state index contributed by atoms with van der Waals surface area (Å²) in [5, 5.41) is 9.27. The molecule has 0 unspecified atom stereocenters. The van der Waals surface area contributed by atoms with Gasteiger partial charge in [0.1, 0.15) is 22.9 Å². The maximum absolute atomic E-state index is 13.1. The molecule has 0 aliphatic carbocycles. The number of carboxylic acid groups (broad SMARTS) is 1. The van der Waals surface area contributed by atoms with Gasteiger partial charge in [-0.3, -0.25) is 9.10 Å². The van der Waals surface area contributed by atoms with E-state index in [1.807, 2.05) is 0 Å². The molecule has 0 atom stereocenters. The van der Waals surface area contributed by atoms with E-state index >= 15 is 0 Å². The summed E-state index contributed by atoms with van der Waals surface area (Å²) in [6.07, 6.45) is 0. The Labute approximate surface area is 160 Å². The van der Waals surface area contributed by atoms with Crippen molar-refractivity contribution in [3.8, 4) is 11.5 Å². The third-order valence-electron chi connectivity index (χ3n) is 3.40. The van der Waals surface area contributed by atoms with Gasteiger partial charge in [0.15, 0.2) is 0 Å². The Morgan fingerprint density at radius 3 is 2.38 bits per heavy atom. The number of hydrogen-bond acceptors (Lipinski definition) is 5. The topological polar surface area (TPSA) is 93.1 Å². The number of aliphatic carboxylic acids is 1. The zero-order valence-corrected chi connectivity index (χ0v) is 16.1. The molecule has 0 aliphatic heterocycles. The molecule has 0 fully saturated rings. The molecule has 0 radical (unpaired) electrons. The quantitative estimate of drug-likeness (QED) is 0.739. The van der Waals surface area contributed by atoms with Gasteiger partial charge in [0.05, 0.1) is 24.9 Å². The van der Waals surface area contributed by atoms with Gasteiger partial charge in [-0.1, -0.05) is 23.2 Å². The minimum atomic E-state index is -4.34. The molecule has 0 bridgehead atoms. The first-order chi connectivity index (χ1) is 12.2. The number of ether oxygens (including phenoxy) is 2. The molecule has 140 valence electrons. The molecule has 0 heterocycles. The smallest absolute Gasteiger partial charge is 0.324 e. The van der Waals surface area contributed by atoms with Gasteiger partial charge in [-0.15, -0.1) is 0 Å². The minimum absolute atomic E-state index is 0.0201. The van der Waals surface area contributed by atoms with Crippen LogP contribution in [0.3, 0.4) is 0 Å². The Kier molecular flexibility index (Phi) is 6.22. The molecule has 0 amide bonds. The molecule has 2 aromatic carbocycles. The highest BCUT2D eigenvalue weighted by molar-refractivity contribution is 7.93. The van der Waals surface area contributed by atoms with E-state index in [0.717, 1.165) is 6.07 Å². The normalized spacial score (nSPS) is 11.1. The number of hydrogen-bond donors (Lipinski definition) is 1. The van der Waals surface area contributed by atoms with E-state index in [4.69, 9.17) is 32.7 Å². The monoisotopic (exact) mass is 419 g/mol. The number of nitrogens with zero attached hydrogens (tertiary/aromatic N) is 1. The molecule has 7 nitrogen and oxygen atoms in total. The average Bonchev–Trinajstić information content (AvgIpc) is 2.60. The number of anilines is 1. The van der Waals surface area contributed by atoms with Crippen LogP contribution in [-0.4, -0.2) is 40.3 Å². The number of methoxy groups -OCH3 is 2. The van der Waals surface area contributed by atoms with Crippen LogP contribution in [-0.2, 0) is 14.8 Å². The molecule has 0 saturated heterocycles. The number of rotatable bonds is 7. The Hall–Kier alpha value is -2.16. The van der Waals surface area contributed by atoms with Crippen LogP contribution >= 0.6 is 23.2 Å². The van der Waals surface area contributed by atoms with Crippen LogP contribution in [0.15, 0.2) is 41.3 Å². The Balaban J connectivity index is 2.68. The standard InChI is InChI=1S/C16H15Cl2NO6S/c1-24-11-4-6-13(14(8-11)25-2)19(9-16(20)21)26(22,23)15-7-10(17)3-5-12(15)18/h3-8H,9H2,1-2H3,(H,20,21). The fourth-order valence-corrected chi connectivity index (χ4v) is 4.37. The number of sulfonamides is 1. The molecular weight excluding hydrogens is 405 g/mol. The zero-order chi connectivity index (χ0) is 19.5. The highest BCUT2D eigenvalue weighted by Crippen LogP contribution is 2.37. The maximum Gasteiger partial charge on any atom is 0.324 e. The zero-order valence-electron chi connectivity index (χ0n) is 13.8. The van der Waals surface area contributed by atoms with E-state index in [-0.39, 0.29) is 26.4 Å². The lowest BCUT2D eigenvalue weighted by Gasteiger charge is -2.25.